The number of nitrogens with zero attached hydrogens (tertiary/aromatic N) is 1. The number of fused-ring (bicyclic) bond motifs is 1. The van der Waals surface area contributed by atoms with Gasteiger partial charge in [0.2, 0.25) is 5.91 Å². The fraction of sp³-hybridized carbons (Fsp3) is 0.304. The molecule has 1 fully saturated rings. The Hall–Kier alpha value is -3.28. The topological polar surface area (TPSA) is 83.6 Å². The Balaban J connectivity index is 1.45. The van der Waals surface area contributed by atoms with Gasteiger partial charge in [0.05, 0.1) is 18.9 Å². The molecule has 2 aromatic rings. The zero-order valence-corrected chi connectivity index (χ0v) is 16.0. The molecule has 2 aliphatic rings. The van der Waals surface area contributed by atoms with Crippen LogP contribution in [0.2, 0.25) is 0 Å². The van der Waals surface area contributed by atoms with Gasteiger partial charge in [-0.05, 0) is 29.2 Å². The van der Waals surface area contributed by atoms with Gasteiger partial charge < -0.3 is 10.2 Å². The molecule has 4 rings (SSSR count). The molecule has 1 atom stereocenters. The minimum absolute atomic E-state index is 0.0581. The van der Waals surface area contributed by atoms with Crippen LogP contribution in [-0.2, 0) is 33.9 Å². The number of carbonyl (C=O) groups is 4. The molecule has 0 saturated heterocycles. The van der Waals surface area contributed by atoms with Gasteiger partial charge >= 0.3 is 0 Å². The van der Waals surface area contributed by atoms with E-state index in [4.69, 9.17) is 0 Å². The van der Waals surface area contributed by atoms with E-state index in [9.17, 15) is 19.2 Å². The molecule has 1 unspecified atom stereocenters. The van der Waals surface area contributed by atoms with Gasteiger partial charge in [0.15, 0.2) is 5.78 Å². The second-order valence-electron chi connectivity index (χ2n) is 7.55. The molecular weight excluding hydrogens is 368 g/mol. The monoisotopic (exact) mass is 390 g/mol. The summed E-state index contributed by atoms with van der Waals surface area (Å²) in [5.74, 6) is -0.501. The Kier molecular flexibility index (Phi) is 5.25. The number of hydrogen-bond acceptors (Lipinski definition) is 4. The molecule has 1 aliphatic heterocycles. The lowest BCUT2D eigenvalue weighted by molar-refractivity contribution is -0.133. The molecule has 1 heterocycles. The van der Waals surface area contributed by atoms with Crippen LogP contribution in [0, 0.1) is 0 Å². The number of carbonyl (C=O) groups excluding carboxylic acids is 4. The first kappa shape index (κ1) is 19.1. The summed E-state index contributed by atoms with van der Waals surface area (Å²) in [6.45, 7) is 0.663. The first-order valence-corrected chi connectivity index (χ1v) is 9.79. The number of amides is 2. The Labute approximate surface area is 168 Å². The van der Waals surface area contributed by atoms with Gasteiger partial charge in [0, 0.05) is 25.1 Å². The summed E-state index contributed by atoms with van der Waals surface area (Å²) < 4.78 is 0. The predicted octanol–water partition coefficient (Wildman–Crippen LogP) is 2.19. The van der Waals surface area contributed by atoms with Crippen molar-refractivity contribution in [3.05, 3.63) is 70.8 Å². The summed E-state index contributed by atoms with van der Waals surface area (Å²) in [6, 6.07) is 14.4. The summed E-state index contributed by atoms with van der Waals surface area (Å²) in [7, 11) is 0. The van der Waals surface area contributed by atoms with Gasteiger partial charge in [-0.3, -0.25) is 19.2 Å². The van der Waals surface area contributed by atoms with Gasteiger partial charge in [-0.25, -0.2) is 0 Å². The highest BCUT2D eigenvalue weighted by Gasteiger charge is 2.39. The van der Waals surface area contributed by atoms with Crippen molar-refractivity contribution in [3.63, 3.8) is 0 Å². The van der Waals surface area contributed by atoms with Gasteiger partial charge in [-0.2, -0.15) is 0 Å². The molecule has 0 aromatic heterocycles. The van der Waals surface area contributed by atoms with Crippen LogP contribution in [-0.4, -0.2) is 34.3 Å². The van der Waals surface area contributed by atoms with Crippen LogP contribution in [0.4, 0.5) is 0 Å². The van der Waals surface area contributed by atoms with Crippen molar-refractivity contribution >= 4 is 23.4 Å². The van der Waals surface area contributed by atoms with E-state index in [0.29, 0.717) is 37.9 Å². The van der Waals surface area contributed by atoms with Crippen molar-refractivity contribution in [2.24, 2.45) is 0 Å². The Morgan fingerprint density at radius 3 is 2.59 bits per heavy atom. The van der Waals surface area contributed by atoms with Crippen LogP contribution in [0.25, 0.3) is 0 Å². The number of rotatable bonds is 5. The highest BCUT2D eigenvalue weighted by atomic mass is 16.2. The smallest absolute Gasteiger partial charge is 0.255 e. The van der Waals surface area contributed by atoms with Crippen LogP contribution in [0.1, 0.15) is 46.3 Å². The van der Waals surface area contributed by atoms with E-state index in [2.05, 4.69) is 5.32 Å². The van der Waals surface area contributed by atoms with Gasteiger partial charge in [-0.15, -0.1) is 0 Å². The Bertz CT molecular complexity index is 984. The van der Waals surface area contributed by atoms with Gasteiger partial charge in [0.1, 0.15) is 5.78 Å². The molecule has 2 amide bonds. The molecule has 0 radical (unpaired) electrons. The molecule has 6 heteroatoms. The van der Waals surface area contributed by atoms with E-state index in [1.165, 1.54) is 0 Å². The lowest BCUT2D eigenvalue weighted by atomic mass is 9.92. The van der Waals surface area contributed by atoms with Crippen LogP contribution in [0.3, 0.4) is 0 Å². The average molecular weight is 390 g/mol. The number of Topliss-reactive ketones (excluding diaryl/α,β-unsaturated/α-hetero) is 2. The van der Waals surface area contributed by atoms with Gasteiger partial charge in [0.25, 0.3) is 5.91 Å². The molecule has 1 saturated carbocycles. The van der Waals surface area contributed by atoms with E-state index < -0.39 is 6.04 Å². The van der Waals surface area contributed by atoms with Crippen molar-refractivity contribution in [1.29, 1.82) is 0 Å². The van der Waals surface area contributed by atoms with Crippen molar-refractivity contribution in [2.75, 3.05) is 0 Å². The minimum atomic E-state index is -0.534. The molecular formula is C23H22N2O4. The summed E-state index contributed by atoms with van der Waals surface area (Å²) >= 11 is 0. The third-order valence-electron chi connectivity index (χ3n) is 5.59. The van der Waals surface area contributed by atoms with Gasteiger partial charge in [-0.1, -0.05) is 42.5 Å². The summed E-state index contributed by atoms with van der Waals surface area (Å²) in [6.07, 6.45) is 0.929. The van der Waals surface area contributed by atoms with Crippen molar-refractivity contribution < 1.29 is 19.2 Å². The van der Waals surface area contributed by atoms with Crippen molar-refractivity contribution in [3.8, 4) is 0 Å². The summed E-state index contributed by atoms with van der Waals surface area (Å²) in [4.78, 5) is 50.5. The predicted molar refractivity (Wildman–Crippen MR) is 106 cm³/mol. The van der Waals surface area contributed by atoms with Crippen molar-refractivity contribution in [2.45, 2.75) is 44.8 Å². The zero-order chi connectivity index (χ0) is 20.4. The van der Waals surface area contributed by atoms with E-state index in [0.717, 1.165) is 16.7 Å². The standard InChI is InChI=1S/C23H22N2O4/c26-17-9-10-20(21(27)12-17)25-14-19-16(7-4-8-18(19)23(25)29)13-24-22(28)11-15-5-2-1-3-6-15/h1-8,20H,9-14H2,(H,24,28). The molecule has 2 aromatic carbocycles. The second kappa shape index (κ2) is 7.99. The molecule has 1 N–H and O–H groups in total. The normalized spacial score (nSPS) is 18.7. The van der Waals surface area contributed by atoms with Crippen LogP contribution in [0.5, 0.6) is 0 Å². The number of hydrogen-bond donors (Lipinski definition) is 1. The van der Waals surface area contributed by atoms with Crippen LogP contribution < -0.4 is 5.32 Å². The highest BCUT2D eigenvalue weighted by Crippen LogP contribution is 2.30. The summed E-state index contributed by atoms with van der Waals surface area (Å²) in [5, 5.41) is 2.92. The third-order valence-corrected chi connectivity index (χ3v) is 5.59. The molecule has 148 valence electrons. The number of benzene rings is 2. The SMILES string of the molecule is O=C1CCC(N2Cc3c(CNC(=O)Cc4ccccc4)cccc3C2=O)C(=O)C1. The zero-order valence-electron chi connectivity index (χ0n) is 16.0. The maximum Gasteiger partial charge on any atom is 0.255 e. The lowest BCUT2D eigenvalue weighted by Crippen LogP contribution is -2.44. The lowest BCUT2D eigenvalue weighted by Gasteiger charge is -2.29. The maximum atomic E-state index is 12.9. The molecule has 1 aliphatic carbocycles. The second-order valence-corrected chi connectivity index (χ2v) is 7.55. The van der Waals surface area contributed by atoms with Crippen LogP contribution in [0.15, 0.2) is 48.5 Å². The fourth-order valence-corrected chi connectivity index (χ4v) is 4.06. The Morgan fingerprint density at radius 1 is 1.03 bits per heavy atom. The highest BCUT2D eigenvalue weighted by molar-refractivity contribution is 6.07. The number of nitrogens with one attached hydrogen (secondary N) is 1. The third kappa shape index (κ3) is 3.97. The maximum absolute atomic E-state index is 12.9. The van der Waals surface area contributed by atoms with E-state index >= 15 is 0 Å². The molecule has 6 nitrogen and oxygen atoms in total. The van der Waals surface area contributed by atoms with E-state index in [1.54, 1.807) is 17.0 Å². The minimum Gasteiger partial charge on any atom is -0.352 e. The molecule has 29 heavy (non-hydrogen) atoms. The van der Waals surface area contributed by atoms with E-state index in [1.807, 2.05) is 36.4 Å². The Morgan fingerprint density at radius 2 is 1.83 bits per heavy atom. The first-order valence-electron chi connectivity index (χ1n) is 9.79. The fourth-order valence-electron chi connectivity index (χ4n) is 4.06. The average Bonchev–Trinajstić information content (AvgIpc) is 3.04. The first-order chi connectivity index (χ1) is 14.0. The molecule has 0 bridgehead atoms. The van der Waals surface area contributed by atoms with Crippen LogP contribution >= 0.6 is 0 Å². The molecule has 0 spiro atoms. The quantitative estimate of drug-likeness (QED) is 0.794. The van der Waals surface area contributed by atoms with Crippen molar-refractivity contribution in [1.82, 2.24) is 10.2 Å². The van der Waals surface area contributed by atoms with E-state index in [-0.39, 0.29) is 29.8 Å². The number of ketones is 2. The summed E-state index contributed by atoms with van der Waals surface area (Å²) in [5.41, 5.74) is 3.24. The largest absolute Gasteiger partial charge is 0.352 e.